The molecule has 17 heavy (non-hydrogen) atoms. The molecule has 2 aromatic rings. The van der Waals surface area contributed by atoms with Gasteiger partial charge in [0.15, 0.2) is 5.78 Å². The summed E-state index contributed by atoms with van der Waals surface area (Å²) in [5.41, 5.74) is 3.73. The molecule has 1 amide bonds. The van der Waals surface area contributed by atoms with E-state index in [0.29, 0.717) is 23.2 Å². The lowest BCUT2D eigenvalue weighted by molar-refractivity contribution is -0.105. The van der Waals surface area contributed by atoms with E-state index in [0.717, 1.165) is 11.1 Å². The highest BCUT2D eigenvalue weighted by atomic mass is 16.1. The summed E-state index contributed by atoms with van der Waals surface area (Å²) in [5.74, 6) is 0.0187. The first-order valence-corrected chi connectivity index (χ1v) is 5.30. The number of carbonyl (C=O) groups excluding carboxylic acids is 2. The number of ketones is 1. The van der Waals surface area contributed by atoms with Crippen molar-refractivity contribution in [3.63, 3.8) is 0 Å². The van der Waals surface area contributed by atoms with E-state index in [2.05, 4.69) is 5.32 Å². The molecular formula is C14H9NO2. The number of fused-ring (bicyclic) bond motifs is 3. The number of benzene rings is 2. The molecule has 3 rings (SSSR count). The quantitative estimate of drug-likeness (QED) is 0.678. The maximum atomic E-state index is 12.1. The molecule has 82 valence electrons. The van der Waals surface area contributed by atoms with E-state index < -0.39 is 0 Å². The van der Waals surface area contributed by atoms with Gasteiger partial charge in [-0.25, -0.2) is 0 Å². The van der Waals surface area contributed by atoms with Crippen LogP contribution in [0.1, 0.15) is 15.9 Å². The minimum absolute atomic E-state index is 0.0187. The van der Waals surface area contributed by atoms with E-state index in [-0.39, 0.29) is 5.78 Å². The van der Waals surface area contributed by atoms with Gasteiger partial charge in [-0.3, -0.25) is 9.59 Å². The van der Waals surface area contributed by atoms with E-state index in [4.69, 9.17) is 0 Å². The van der Waals surface area contributed by atoms with E-state index >= 15 is 0 Å². The monoisotopic (exact) mass is 223 g/mol. The van der Waals surface area contributed by atoms with Gasteiger partial charge in [-0.15, -0.1) is 0 Å². The lowest BCUT2D eigenvalue weighted by Crippen LogP contribution is -1.98. The molecule has 0 saturated heterocycles. The Morgan fingerprint density at radius 3 is 2.35 bits per heavy atom. The van der Waals surface area contributed by atoms with Crippen molar-refractivity contribution in [3.05, 3.63) is 53.6 Å². The van der Waals surface area contributed by atoms with Crippen LogP contribution in [0.4, 0.5) is 5.69 Å². The Labute approximate surface area is 98.1 Å². The predicted molar refractivity (Wildman–Crippen MR) is 65.0 cm³/mol. The maximum Gasteiger partial charge on any atom is 0.211 e. The Kier molecular flexibility index (Phi) is 2.05. The third kappa shape index (κ3) is 1.29. The second-order valence-electron chi connectivity index (χ2n) is 3.87. The highest BCUT2D eigenvalue weighted by molar-refractivity contribution is 6.23. The Hall–Kier alpha value is -2.42. The molecule has 0 radical (unpaired) electrons. The van der Waals surface area contributed by atoms with Crippen molar-refractivity contribution < 1.29 is 9.59 Å². The number of hydrogen-bond acceptors (Lipinski definition) is 2. The fourth-order valence-electron chi connectivity index (χ4n) is 2.26. The molecule has 2 aromatic carbocycles. The van der Waals surface area contributed by atoms with Crippen LogP contribution in [-0.4, -0.2) is 12.2 Å². The number of carbonyl (C=O) groups is 2. The molecule has 1 N–H and O–H groups in total. The number of rotatable bonds is 2. The summed E-state index contributed by atoms with van der Waals surface area (Å²) in [6.07, 6.45) is 0.626. The Morgan fingerprint density at radius 1 is 0.882 bits per heavy atom. The van der Waals surface area contributed by atoms with E-state index in [9.17, 15) is 9.59 Å². The molecule has 1 aliphatic carbocycles. The van der Waals surface area contributed by atoms with Crippen LogP contribution in [-0.2, 0) is 4.79 Å². The molecule has 0 atom stereocenters. The number of hydrogen-bond donors (Lipinski definition) is 1. The van der Waals surface area contributed by atoms with Crippen LogP contribution < -0.4 is 5.32 Å². The lowest BCUT2D eigenvalue weighted by Gasteiger charge is -2.06. The standard InChI is InChI=1S/C14H9NO2/c16-8-15-12-7-3-6-11-13(12)9-4-1-2-5-10(9)14(11)17/h1-8H,(H,15,16). The zero-order chi connectivity index (χ0) is 11.8. The van der Waals surface area contributed by atoms with Crippen molar-refractivity contribution in [2.45, 2.75) is 0 Å². The van der Waals surface area contributed by atoms with Crippen molar-refractivity contribution >= 4 is 17.9 Å². The molecule has 0 aliphatic heterocycles. The molecule has 0 aromatic heterocycles. The second kappa shape index (κ2) is 3.56. The Balaban J connectivity index is 2.33. The van der Waals surface area contributed by atoms with Crippen LogP contribution in [0.25, 0.3) is 11.1 Å². The van der Waals surface area contributed by atoms with E-state index in [1.54, 1.807) is 18.2 Å². The number of amides is 1. The maximum absolute atomic E-state index is 12.1. The summed E-state index contributed by atoms with van der Waals surface area (Å²) in [5, 5.41) is 2.64. The second-order valence-corrected chi connectivity index (χ2v) is 3.87. The van der Waals surface area contributed by atoms with Gasteiger partial charge >= 0.3 is 0 Å². The first kappa shape index (κ1) is 9.78. The Bertz CT molecular complexity index is 632. The van der Waals surface area contributed by atoms with Crippen molar-refractivity contribution in [1.29, 1.82) is 0 Å². The van der Waals surface area contributed by atoms with Crippen molar-refractivity contribution in [2.75, 3.05) is 5.32 Å². The first-order chi connectivity index (χ1) is 8.33. The average Bonchev–Trinajstić information content (AvgIpc) is 2.66. The van der Waals surface area contributed by atoms with Crippen molar-refractivity contribution in [3.8, 4) is 11.1 Å². The van der Waals surface area contributed by atoms with Crippen LogP contribution >= 0.6 is 0 Å². The highest BCUT2D eigenvalue weighted by Crippen LogP contribution is 2.40. The van der Waals surface area contributed by atoms with Crippen LogP contribution in [0.3, 0.4) is 0 Å². The summed E-state index contributed by atoms with van der Waals surface area (Å²) in [7, 11) is 0. The zero-order valence-corrected chi connectivity index (χ0v) is 8.94. The molecule has 0 unspecified atom stereocenters. The molecule has 0 bridgehead atoms. The van der Waals surface area contributed by atoms with Crippen LogP contribution in [0, 0.1) is 0 Å². The van der Waals surface area contributed by atoms with Gasteiger partial charge in [0, 0.05) is 22.4 Å². The largest absolute Gasteiger partial charge is 0.328 e. The molecule has 0 fully saturated rings. The summed E-state index contributed by atoms with van der Waals surface area (Å²) in [6.45, 7) is 0. The molecular weight excluding hydrogens is 214 g/mol. The van der Waals surface area contributed by atoms with Gasteiger partial charge in [0.1, 0.15) is 0 Å². The molecule has 1 aliphatic rings. The van der Waals surface area contributed by atoms with Crippen LogP contribution in [0.5, 0.6) is 0 Å². The fourth-order valence-corrected chi connectivity index (χ4v) is 2.26. The lowest BCUT2D eigenvalue weighted by atomic mass is 10.0. The fraction of sp³-hybridized carbons (Fsp3) is 0. The summed E-state index contributed by atoms with van der Waals surface area (Å²) < 4.78 is 0. The first-order valence-electron chi connectivity index (χ1n) is 5.30. The third-order valence-electron chi connectivity index (χ3n) is 2.96. The summed E-state index contributed by atoms with van der Waals surface area (Å²) in [6, 6.07) is 12.8. The van der Waals surface area contributed by atoms with Crippen molar-refractivity contribution in [2.24, 2.45) is 0 Å². The molecule has 3 heteroatoms. The van der Waals surface area contributed by atoms with Gasteiger partial charge in [-0.05, 0) is 11.6 Å². The number of nitrogens with one attached hydrogen (secondary N) is 1. The topological polar surface area (TPSA) is 46.2 Å². The van der Waals surface area contributed by atoms with Crippen LogP contribution in [0.2, 0.25) is 0 Å². The zero-order valence-electron chi connectivity index (χ0n) is 8.94. The normalized spacial score (nSPS) is 11.9. The highest BCUT2D eigenvalue weighted by Gasteiger charge is 2.27. The average molecular weight is 223 g/mol. The third-order valence-corrected chi connectivity index (χ3v) is 2.96. The van der Waals surface area contributed by atoms with E-state index in [1.165, 1.54) is 0 Å². The summed E-state index contributed by atoms with van der Waals surface area (Å²) in [4.78, 5) is 22.7. The van der Waals surface area contributed by atoms with Gasteiger partial charge in [0.05, 0.1) is 0 Å². The molecule has 3 nitrogen and oxygen atoms in total. The van der Waals surface area contributed by atoms with Gasteiger partial charge in [0.25, 0.3) is 0 Å². The van der Waals surface area contributed by atoms with Gasteiger partial charge in [-0.2, -0.15) is 0 Å². The molecule has 0 spiro atoms. The van der Waals surface area contributed by atoms with Gasteiger partial charge < -0.3 is 5.32 Å². The van der Waals surface area contributed by atoms with Gasteiger partial charge in [-0.1, -0.05) is 36.4 Å². The van der Waals surface area contributed by atoms with Crippen LogP contribution in [0.15, 0.2) is 42.5 Å². The predicted octanol–water partition coefficient (Wildman–Crippen LogP) is 2.47. The minimum atomic E-state index is 0.0187. The number of anilines is 1. The Morgan fingerprint density at radius 2 is 1.59 bits per heavy atom. The van der Waals surface area contributed by atoms with Gasteiger partial charge in [0.2, 0.25) is 6.41 Å². The van der Waals surface area contributed by atoms with E-state index in [1.807, 2.05) is 24.3 Å². The molecule has 0 heterocycles. The minimum Gasteiger partial charge on any atom is -0.328 e. The SMILES string of the molecule is O=CNc1cccc2c1-c1ccccc1C2=O. The smallest absolute Gasteiger partial charge is 0.211 e. The van der Waals surface area contributed by atoms with Crippen molar-refractivity contribution in [1.82, 2.24) is 0 Å². The summed E-state index contributed by atoms with van der Waals surface area (Å²) >= 11 is 0. The molecule has 0 saturated carbocycles.